The highest BCUT2D eigenvalue weighted by atomic mass is 32.2. The third-order valence-electron chi connectivity index (χ3n) is 2.54. The Kier molecular flexibility index (Phi) is 6.78. The van der Waals surface area contributed by atoms with Crippen molar-refractivity contribution in [1.82, 2.24) is 9.97 Å². The maximum absolute atomic E-state index is 12.0. The van der Waals surface area contributed by atoms with Crippen LogP contribution in [0.2, 0.25) is 0 Å². The molecule has 0 atom stereocenters. The second-order valence-electron chi connectivity index (χ2n) is 5.04. The van der Waals surface area contributed by atoms with E-state index in [-0.39, 0.29) is 23.9 Å². The number of thioether (sulfide) groups is 1. The smallest absolute Gasteiger partial charge is 0.310 e. The number of hydrogen-bond donors (Lipinski definition) is 1. The summed E-state index contributed by atoms with van der Waals surface area (Å²) >= 11 is 1.51. The van der Waals surface area contributed by atoms with Crippen LogP contribution in [0, 0.1) is 12.8 Å². The molecule has 0 radical (unpaired) electrons. The van der Waals surface area contributed by atoms with Gasteiger partial charge in [0.1, 0.15) is 0 Å². The number of nitrogens with zero attached hydrogens (tertiary/aromatic N) is 1. The number of carbonyl (C=O) groups is 1. The van der Waals surface area contributed by atoms with E-state index in [0.29, 0.717) is 23.0 Å². The lowest BCUT2D eigenvalue weighted by Gasteiger charge is -2.08. The zero-order chi connectivity index (χ0) is 15.1. The van der Waals surface area contributed by atoms with Gasteiger partial charge in [-0.3, -0.25) is 9.59 Å². The molecule has 0 unspecified atom stereocenters. The third-order valence-corrected chi connectivity index (χ3v) is 3.62. The SMILES string of the molecule is CCCSc1nc(C)c(CC(=O)OCC(C)C)c(=O)[nH]1. The van der Waals surface area contributed by atoms with Crippen LogP contribution in [-0.4, -0.2) is 28.3 Å². The van der Waals surface area contributed by atoms with Crippen LogP contribution in [0.15, 0.2) is 9.95 Å². The minimum Gasteiger partial charge on any atom is -0.465 e. The van der Waals surface area contributed by atoms with Crippen LogP contribution >= 0.6 is 11.8 Å². The second-order valence-corrected chi connectivity index (χ2v) is 6.12. The first-order chi connectivity index (χ1) is 9.43. The number of rotatable bonds is 7. The Bertz CT molecular complexity index is 512. The average Bonchev–Trinajstić information content (AvgIpc) is 2.38. The van der Waals surface area contributed by atoms with Crippen molar-refractivity contribution in [3.05, 3.63) is 21.6 Å². The topological polar surface area (TPSA) is 72.0 Å². The summed E-state index contributed by atoms with van der Waals surface area (Å²) in [6.45, 7) is 8.11. The highest BCUT2D eigenvalue weighted by Gasteiger charge is 2.14. The largest absolute Gasteiger partial charge is 0.465 e. The van der Waals surface area contributed by atoms with Gasteiger partial charge in [0.25, 0.3) is 5.56 Å². The third kappa shape index (κ3) is 5.36. The average molecular weight is 298 g/mol. The van der Waals surface area contributed by atoms with E-state index >= 15 is 0 Å². The Morgan fingerprint density at radius 2 is 2.15 bits per heavy atom. The zero-order valence-electron chi connectivity index (χ0n) is 12.5. The number of nitrogens with one attached hydrogen (secondary N) is 1. The Balaban J connectivity index is 2.76. The maximum Gasteiger partial charge on any atom is 0.310 e. The quantitative estimate of drug-likeness (QED) is 0.475. The number of H-pyrrole nitrogens is 1. The van der Waals surface area contributed by atoms with Gasteiger partial charge < -0.3 is 9.72 Å². The predicted octanol–water partition coefficient (Wildman–Crippen LogP) is 2.32. The summed E-state index contributed by atoms with van der Waals surface area (Å²) in [5.74, 6) is 0.797. The molecule has 0 amide bonds. The van der Waals surface area contributed by atoms with Crippen LogP contribution in [0.5, 0.6) is 0 Å². The lowest BCUT2D eigenvalue weighted by Crippen LogP contribution is -2.22. The monoisotopic (exact) mass is 298 g/mol. The van der Waals surface area contributed by atoms with Crippen molar-refractivity contribution in [2.24, 2.45) is 5.92 Å². The second kappa shape index (κ2) is 8.09. The molecule has 0 saturated carbocycles. The standard InChI is InChI=1S/C14H22N2O3S/c1-5-6-20-14-15-10(4)11(13(18)16-14)7-12(17)19-8-9(2)3/h9H,5-8H2,1-4H3,(H,15,16,18). The van der Waals surface area contributed by atoms with Crippen LogP contribution in [0.3, 0.4) is 0 Å². The molecule has 0 aliphatic carbocycles. The van der Waals surface area contributed by atoms with Gasteiger partial charge in [0.15, 0.2) is 5.16 Å². The Morgan fingerprint density at radius 1 is 1.45 bits per heavy atom. The van der Waals surface area contributed by atoms with Gasteiger partial charge in [-0.2, -0.15) is 0 Å². The Morgan fingerprint density at radius 3 is 2.70 bits per heavy atom. The van der Waals surface area contributed by atoms with E-state index in [1.54, 1.807) is 6.92 Å². The molecule has 0 aliphatic heterocycles. The summed E-state index contributed by atoms with van der Waals surface area (Å²) < 4.78 is 5.09. The first-order valence-corrected chi connectivity index (χ1v) is 7.80. The highest BCUT2D eigenvalue weighted by Crippen LogP contribution is 2.13. The van der Waals surface area contributed by atoms with Crippen LogP contribution in [-0.2, 0) is 16.0 Å². The molecule has 0 aromatic carbocycles. The fourth-order valence-electron chi connectivity index (χ4n) is 1.51. The van der Waals surface area contributed by atoms with Crippen molar-refractivity contribution in [3.8, 4) is 0 Å². The fourth-order valence-corrected chi connectivity index (χ4v) is 2.28. The van der Waals surface area contributed by atoms with Gasteiger partial charge in [-0.25, -0.2) is 4.98 Å². The number of aromatic nitrogens is 2. The fraction of sp³-hybridized carbons (Fsp3) is 0.643. The normalized spacial score (nSPS) is 10.8. The van der Waals surface area contributed by atoms with Crippen molar-refractivity contribution in [3.63, 3.8) is 0 Å². The molecule has 1 aromatic heterocycles. The molecule has 0 fully saturated rings. The summed E-state index contributed by atoms with van der Waals surface area (Å²) in [4.78, 5) is 30.7. The highest BCUT2D eigenvalue weighted by molar-refractivity contribution is 7.99. The van der Waals surface area contributed by atoms with Crippen molar-refractivity contribution >= 4 is 17.7 Å². The first-order valence-electron chi connectivity index (χ1n) is 6.82. The number of ether oxygens (including phenoxy) is 1. The van der Waals surface area contributed by atoms with E-state index in [2.05, 4.69) is 16.9 Å². The Hall–Kier alpha value is -1.30. The summed E-state index contributed by atoms with van der Waals surface area (Å²) in [7, 11) is 0. The zero-order valence-corrected chi connectivity index (χ0v) is 13.3. The molecule has 6 heteroatoms. The minimum atomic E-state index is -0.386. The number of aryl methyl sites for hydroxylation is 1. The van der Waals surface area contributed by atoms with E-state index < -0.39 is 0 Å². The van der Waals surface area contributed by atoms with Gasteiger partial charge in [0.05, 0.1) is 13.0 Å². The van der Waals surface area contributed by atoms with E-state index in [1.165, 1.54) is 11.8 Å². The number of hydrogen-bond acceptors (Lipinski definition) is 5. The van der Waals surface area contributed by atoms with Gasteiger partial charge in [-0.05, 0) is 19.3 Å². The lowest BCUT2D eigenvalue weighted by atomic mass is 10.2. The van der Waals surface area contributed by atoms with Crippen molar-refractivity contribution in [2.45, 2.75) is 45.7 Å². The molecule has 0 spiro atoms. The van der Waals surface area contributed by atoms with E-state index in [9.17, 15) is 9.59 Å². The van der Waals surface area contributed by atoms with Crippen LogP contribution < -0.4 is 5.56 Å². The van der Waals surface area contributed by atoms with E-state index in [0.717, 1.165) is 12.2 Å². The molecule has 1 heterocycles. The summed E-state index contributed by atoms with van der Waals surface area (Å²) in [6.07, 6.45) is 0.982. The van der Waals surface area contributed by atoms with Crippen molar-refractivity contribution < 1.29 is 9.53 Å². The number of carbonyl (C=O) groups excluding carboxylic acids is 1. The molecule has 1 rings (SSSR count). The van der Waals surface area contributed by atoms with Gasteiger partial charge >= 0.3 is 5.97 Å². The Labute approximate surface area is 123 Å². The summed E-state index contributed by atoms with van der Waals surface area (Å²) in [6, 6.07) is 0. The van der Waals surface area contributed by atoms with Crippen molar-refractivity contribution in [1.29, 1.82) is 0 Å². The molecule has 0 saturated heterocycles. The molecule has 1 N–H and O–H groups in total. The molecule has 1 aromatic rings. The van der Waals surface area contributed by atoms with Crippen LogP contribution in [0.25, 0.3) is 0 Å². The van der Waals surface area contributed by atoms with Crippen molar-refractivity contribution in [2.75, 3.05) is 12.4 Å². The van der Waals surface area contributed by atoms with E-state index in [1.807, 2.05) is 13.8 Å². The lowest BCUT2D eigenvalue weighted by molar-refractivity contribution is -0.143. The predicted molar refractivity (Wildman–Crippen MR) is 80.1 cm³/mol. The summed E-state index contributed by atoms with van der Waals surface area (Å²) in [5.41, 5.74) is 0.728. The summed E-state index contributed by atoms with van der Waals surface area (Å²) in [5, 5.41) is 0.605. The molecule has 20 heavy (non-hydrogen) atoms. The van der Waals surface area contributed by atoms with Gasteiger partial charge in [-0.1, -0.05) is 32.5 Å². The number of esters is 1. The maximum atomic E-state index is 12.0. The molecule has 0 aliphatic rings. The molecular formula is C14H22N2O3S. The van der Waals surface area contributed by atoms with E-state index in [4.69, 9.17) is 4.74 Å². The van der Waals surface area contributed by atoms with Crippen LogP contribution in [0.1, 0.15) is 38.4 Å². The van der Waals surface area contributed by atoms with Crippen LogP contribution in [0.4, 0.5) is 0 Å². The van der Waals surface area contributed by atoms with Gasteiger partial charge in [0.2, 0.25) is 0 Å². The molecular weight excluding hydrogens is 276 g/mol. The molecule has 5 nitrogen and oxygen atoms in total. The first kappa shape index (κ1) is 16.8. The molecule has 0 bridgehead atoms. The number of aromatic amines is 1. The molecule has 112 valence electrons. The van der Waals surface area contributed by atoms with Gasteiger partial charge in [0, 0.05) is 17.0 Å². The minimum absolute atomic E-state index is 0.0282. The van der Waals surface area contributed by atoms with Gasteiger partial charge in [-0.15, -0.1) is 0 Å².